The van der Waals surface area contributed by atoms with Gasteiger partial charge in [0.15, 0.2) is 0 Å². The molecule has 0 amide bonds. The lowest BCUT2D eigenvalue weighted by molar-refractivity contribution is 0.675. The summed E-state index contributed by atoms with van der Waals surface area (Å²) in [6, 6.07) is 0.109. The van der Waals surface area contributed by atoms with Crippen LogP contribution in [0.25, 0.3) is 0 Å². The fourth-order valence-corrected chi connectivity index (χ4v) is 0.256. The first-order valence-corrected chi connectivity index (χ1v) is 2.32. The number of nitrogens with two attached hydrogens (primary N) is 1. The van der Waals surface area contributed by atoms with Gasteiger partial charge in [-0.1, -0.05) is 5.18 Å². The zero-order valence-corrected chi connectivity index (χ0v) is 4.42. The first kappa shape index (κ1) is 6.56. The Labute approximate surface area is 42.9 Å². The van der Waals surface area contributed by atoms with Crippen molar-refractivity contribution in [3.05, 3.63) is 4.91 Å². The van der Waals surface area contributed by atoms with E-state index in [9.17, 15) is 4.91 Å². The number of nitroso groups, excluding NO2 is 1. The van der Waals surface area contributed by atoms with E-state index < -0.39 is 0 Å². The average Bonchev–Trinajstić information content (AvgIpc) is 1.61. The highest BCUT2D eigenvalue weighted by Crippen LogP contribution is 1.83. The largest absolute Gasteiger partial charge is 0.328 e. The Morgan fingerprint density at radius 1 is 1.86 bits per heavy atom. The normalized spacial score (nSPS) is 13.4. The molecule has 42 valence electrons. The van der Waals surface area contributed by atoms with Gasteiger partial charge < -0.3 is 5.73 Å². The molecule has 3 heteroatoms. The summed E-state index contributed by atoms with van der Waals surface area (Å²) < 4.78 is 0. The van der Waals surface area contributed by atoms with Crippen LogP contribution in [-0.4, -0.2) is 12.6 Å². The van der Waals surface area contributed by atoms with Crippen LogP contribution in [0.2, 0.25) is 0 Å². The molecule has 0 radical (unpaired) electrons. The smallest absolute Gasteiger partial charge is 0.0825 e. The van der Waals surface area contributed by atoms with Crippen molar-refractivity contribution in [2.75, 3.05) is 6.54 Å². The molecule has 0 unspecified atom stereocenters. The van der Waals surface area contributed by atoms with Gasteiger partial charge in [0.25, 0.3) is 0 Å². The Balaban J connectivity index is 2.81. The second kappa shape index (κ2) is 3.74. The van der Waals surface area contributed by atoms with Gasteiger partial charge in [-0.05, 0) is 13.3 Å². The zero-order chi connectivity index (χ0) is 5.70. The van der Waals surface area contributed by atoms with Crippen molar-refractivity contribution < 1.29 is 0 Å². The molecule has 3 nitrogen and oxygen atoms in total. The van der Waals surface area contributed by atoms with E-state index >= 15 is 0 Å². The van der Waals surface area contributed by atoms with Gasteiger partial charge in [0.1, 0.15) is 0 Å². The summed E-state index contributed by atoms with van der Waals surface area (Å²) >= 11 is 0. The standard InChI is InChI=1S/C4H10N2O/c1-4(5)2-3-6-7/h4H,2-3,5H2,1H3/t4-/m1/s1. The molecule has 0 aromatic rings. The Kier molecular flexibility index (Phi) is 3.50. The molecule has 1 atom stereocenters. The van der Waals surface area contributed by atoms with E-state index in [0.717, 1.165) is 0 Å². The minimum atomic E-state index is 0.109. The summed E-state index contributed by atoms with van der Waals surface area (Å²) in [4.78, 5) is 9.40. The van der Waals surface area contributed by atoms with E-state index in [0.29, 0.717) is 13.0 Å². The van der Waals surface area contributed by atoms with E-state index in [-0.39, 0.29) is 6.04 Å². The molecule has 0 aromatic heterocycles. The van der Waals surface area contributed by atoms with Crippen LogP contribution in [-0.2, 0) is 0 Å². The highest BCUT2D eigenvalue weighted by molar-refractivity contribution is 4.53. The lowest BCUT2D eigenvalue weighted by Gasteiger charge is -1.95. The minimum Gasteiger partial charge on any atom is -0.328 e. The van der Waals surface area contributed by atoms with Crippen LogP contribution >= 0.6 is 0 Å². The molecule has 0 aromatic carbocycles. The summed E-state index contributed by atoms with van der Waals surface area (Å²) in [5.74, 6) is 0. The summed E-state index contributed by atoms with van der Waals surface area (Å²) in [7, 11) is 0. The van der Waals surface area contributed by atoms with Crippen LogP contribution in [0.4, 0.5) is 0 Å². The highest BCUT2D eigenvalue weighted by Gasteiger charge is 1.89. The van der Waals surface area contributed by atoms with E-state index in [4.69, 9.17) is 5.73 Å². The monoisotopic (exact) mass is 102 g/mol. The van der Waals surface area contributed by atoms with Crippen LogP contribution in [0.15, 0.2) is 5.18 Å². The average molecular weight is 102 g/mol. The Hall–Kier alpha value is -0.440. The molecular formula is C4H10N2O. The van der Waals surface area contributed by atoms with Gasteiger partial charge >= 0.3 is 0 Å². The van der Waals surface area contributed by atoms with Gasteiger partial charge in [0.2, 0.25) is 0 Å². The van der Waals surface area contributed by atoms with Crippen molar-refractivity contribution in [3.8, 4) is 0 Å². The van der Waals surface area contributed by atoms with Crippen LogP contribution < -0.4 is 5.73 Å². The number of hydrogen-bond acceptors (Lipinski definition) is 3. The van der Waals surface area contributed by atoms with Crippen LogP contribution in [0.3, 0.4) is 0 Å². The van der Waals surface area contributed by atoms with Gasteiger partial charge in [-0.15, -0.1) is 0 Å². The lowest BCUT2D eigenvalue weighted by atomic mass is 10.3. The summed E-state index contributed by atoms with van der Waals surface area (Å²) in [5, 5.41) is 2.65. The molecular weight excluding hydrogens is 92.1 g/mol. The predicted octanol–water partition coefficient (Wildman–Crippen LogP) is 0.490. The van der Waals surface area contributed by atoms with E-state index in [2.05, 4.69) is 5.18 Å². The van der Waals surface area contributed by atoms with E-state index in [1.807, 2.05) is 6.92 Å². The lowest BCUT2D eigenvalue weighted by Crippen LogP contribution is -2.15. The maximum Gasteiger partial charge on any atom is 0.0825 e. The fourth-order valence-electron chi connectivity index (χ4n) is 0.256. The van der Waals surface area contributed by atoms with Gasteiger partial charge in [-0.25, -0.2) is 0 Å². The molecule has 0 bridgehead atoms. The predicted molar refractivity (Wildman–Crippen MR) is 28.9 cm³/mol. The summed E-state index contributed by atoms with van der Waals surface area (Å²) in [5.41, 5.74) is 5.28. The van der Waals surface area contributed by atoms with E-state index in [1.165, 1.54) is 0 Å². The Morgan fingerprint density at radius 3 is 2.57 bits per heavy atom. The van der Waals surface area contributed by atoms with Gasteiger partial charge in [-0.3, -0.25) is 0 Å². The van der Waals surface area contributed by atoms with Crippen molar-refractivity contribution in [3.63, 3.8) is 0 Å². The molecule has 0 rings (SSSR count). The molecule has 7 heavy (non-hydrogen) atoms. The van der Waals surface area contributed by atoms with Crippen LogP contribution in [0, 0.1) is 4.91 Å². The second-order valence-electron chi connectivity index (χ2n) is 1.62. The van der Waals surface area contributed by atoms with Crippen LogP contribution in [0.1, 0.15) is 13.3 Å². The highest BCUT2D eigenvalue weighted by atomic mass is 16.3. The van der Waals surface area contributed by atoms with Gasteiger partial charge in [0, 0.05) is 6.04 Å². The number of hydrogen-bond donors (Lipinski definition) is 1. The van der Waals surface area contributed by atoms with E-state index in [1.54, 1.807) is 0 Å². The van der Waals surface area contributed by atoms with Crippen molar-refractivity contribution >= 4 is 0 Å². The molecule has 2 N–H and O–H groups in total. The maximum atomic E-state index is 9.40. The third-order valence-electron chi connectivity index (χ3n) is 0.676. The third-order valence-corrected chi connectivity index (χ3v) is 0.676. The van der Waals surface area contributed by atoms with Crippen molar-refractivity contribution in [1.29, 1.82) is 0 Å². The Bertz CT molecular complexity index is 53.7. The first-order valence-electron chi connectivity index (χ1n) is 2.32. The van der Waals surface area contributed by atoms with Crippen molar-refractivity contribution in [2.24, 2.45) is 10.9 Å². The molecule has 0 aliphatic heterocycles. The SMILES string of the molecule is C[C@@H](N)CCN=O. The van der Waals surface area contributed by atoms with Gasteiger partial charge in [0.05, 0.1) is 6.54 Å². The molecule has 0 spiro atoms. The molecule has 0 aliphatic carbocycles. The summed E-state index contributed by atoms with van der Waals surface area (Å²) in [6.07, 6.45) is 0.698. The third kappa shape index (κ3) is 5.56. The topological polar surface area (TPSA) is 55.4 Å². The molecule has 0 saturated carbocycles. The zero-order valence-electron chi connectivity index (χ0n) is 4.42. The van der Waals surface area contributed by atoms with Crippen molar-refractivity contribution in [2.45, 2.75) is 19.4 Å². The molecule has 0 fully saturated rings. The number of rotatable bonds is 3. The van der Waals surface area contributed by atoms with Crippen molar-refractivity contribution in [1.82, 2.24) is 0 Å². The maximum absolute atomic E-state index is 9.40. The second-order valence-corrected chi connectivity index (χ2v) is 1.62. The quantitative estimate of drug-likeness (QED) is 0.527. The molecule has 0 aliphatic rings. The number of nitrogens with zero attached hydrogens (tertiary/aromatic N) is 1. The van der Waals surface area contributed by atoms with Gasteiger partial charge in [-0.2, -0.15) is 4.91 Å². The summed E-state index contributed by atoms with van der Waals surface area (Å²) in [6.45, 7) is 2.20. The fraction of sp³-hybridized carbons (Fsp3) is 1.00. The molecule has 0 heterocycles. The molecule has 0 saturated heterocycles. The minimum absolute atomic E-state index is 0.109. The Morgan fingerprint density at radius 2 is 2.43 bits per heavy atom. The first-order chi connectivity index (χ1) is 3.27. The van der Waals surface area contributed by atoms with Crippen LogP contribution in [0.5, 0.6) is 0 Å².